The van der Waals surface area contributed by atoms with E-state index in [0.717, 1.165) is 4.68 Å². The van der Waals surface area contributed by atoms with Gasteiger partial charge in [0.15, 0.2) is 0 Å². The highest BCUT2D eigenvalue weighted by molar-refractivity contribution is 5.18. The van der Waals surface area contributed by atoms with Gasteiger partial charge in [0, 0.05) is 11.6 Å². The van der Waals surface area contributed by atoms with Crippen LogP contribution in [0.3, 0.4) is 0 Å². The van der Waals surface area contributed by atoms with Crippen LogP contribution < -0.4 is 5.56 Å². The lowest BCUT2D eigenvalue weighted by molar-refractivity contribution is -0.142. The SMILES string of the molecule is Cc1c(C(F)(F)F)[nH]n(C(C)C)c1=O. The average Bonchev–Trinajstić information content (AvgIpc) is 2.28. The number of nitrogens with one attached hydrogen (secondary N) is 1. The van der Waals surface area contributed by atoms with Gasteiger partial charge in [-0.15, -0.1) is 0 Å². The van der Waals surface area contributed by atoms with Crippen molar-refractivity contribution in [3.63, 3.8) is 0 Å². The predicted molar refractivity (Wildman–Crippen MR) is 45.2 cm³/mol. The van der Waals surface area contributed by atoms with Crippen LogP contribution in [0, 0.1) is 6.92 Å². The third-order valence-corrected chi connectivity index (χ3v) is 1.95. The molecule has 80 valence electrons. The molecular formula is C8H11F3N2O. The standard InChI is InChI=1S/C8H11F3N2O/c1-4(2)13-7(14)5(3)6(12-13)8(9,10)11/h4,12H,1-3H3. The lowest BCUT2D eigenvalue weighted by atomic mass is 10.3. The first-order chi connectivity index (χ1) is 6.25. The number of nitrogens with zero attached hydrogens (tertiary/aromatic N) is 1. The molecule has 0 saturated carbocycles. The molecule has 1 heterocycles. The van der Waals surface area contributed by atoms with Crippen LogP contribution >= 0.6 is 0 Å². The molecule has 1 rings (SSSR count). The molecule has 0 atom stereocenters. The van der Waals surface area contributed by atoms with Gasteiger partial charge < -0.3 is 0 Å². The van der Waals surface area contributed by atoms with Gasteiger partial charge in [0.2, 0.25) is 0 Å². The first-order valence-electron chi connectivity index (χ1n) is 4.13. The normalized spacial score (nSPS) is 12.5. The molecule has 0 aliphatic heterocycles. The van der Waals surface area contributed by atoms with Crippen molar-refractivity contribution >= 4 is 0 Å². The van der Waals surface area contributed by atoms with Gasteiger partial charge in [0.05, 0.1) is 0 Å². The van der Waals surface area contributed by atoms with Gasteiger partial charge in [0.1, 0.15) is 5.69 Å². The molecule has 6 heteroatoms. The van der Waals surface area contributed by atoms with Crippen molar-refractivity contribution in [2.24, 2.45) is 0 Å². The molecule has 0 amide bonds. The van der Waals surface area contributed by atoms with Gasteiger partial charge in [-0.1, -0.05) is 0 Å². The van der Waals surface area contributed by atoms with Crippen molar-refractivity contribution in [1.29, 1.82) is 0 Å². The summed E-state index contributed by atoms with van der Waals surface area (Å²) in [6.07, 6.45) is -4.50. The van der Waals surface area contributed by atoms with Crippen LogP contribution in [0.4, 0.5) is 13.2 Å². The summed E-state index contributed by atoms with van der Waals surface area (Å²) in [5.41, 5.74) is -1.87. The van der Waals surface area contributed by atoms with E-state index in [4.69, 9.17) is 0 Å². The smallest absolute Gasteiger partial charge is 0.291 e. The average molecular weight is 208 g/mol. The van der Waals surface area contributed by atoms with Crippen molar-refractivity contribution in [3.8, 4) is 0 Å². The zero-order valence-electron chi connectivity index (χ0n) is 8.07. The van der Waals surface area contributed by atoms with E-state index in [-0.39, 0.29) is 11.6 Å². The zero-order chi connectivity index (χ0) is 11.1. The largest absolute Gasteiger partial charge is 0.433 e. The maximum Gasteiger partial charge on any atom is 0.433 e. The lowest BCUT2D eigenvalue weighted by Crippen LogP contribution is -2.19. The minimum Gasteiger partial charge on any atom is -0.291 e. The fraction of sp³-hybridized carbons (Fsp3) is 0.625. The predicted octanol–water partition coefficient (Wildman–Crippen LogP) is 2.08. The Morgan fingerprint density at radius 2 is 1.86 bits per heavy atom. The summed E-state index contributed by atoms with van der Waals surface area (Å²) in [5.74, 6) is 0. The summed E-state index contributed by atoms with van der Waals surface area (Å²) in [6, 6.07) is -0.308. The van der Waals surface area contributed by atoms with Gasteiger partial charge >= 0.3 is 6.18 Å². The molecule has 0 saturated heterocycles. The van der Waals surface area contributed by atoms with Crippen LogP contribution in [-0.2, 0) is 6.18 Å². The number of alkyl halides is 3. The number of hydrogen-bond acceptors (Lipinski definition) is 1. The van der Waals surface area contributed by atoms with Crippen molar-refractivity contribution in [1.82, 2.24) is 9.78 Å². The van der Waals surface area contributed by atoms with Crippen LogP contribution in [0.15, 0.2) is 4.79 Å². The third-order valence-electron chi connectivity index (χ3n) is 1.95. The Bertz CT molecular complexity index is 386. The van der Waals surface area contributed by atoms with Gasteiger partial charge in [-0.05, 0) is 20.8 Å². The highest BCUT2D eigenvalue weighted by Gasteiger charge is 2.36. The number of hydrogen-bond donors (Lipinski definition) is 1. The summed E-state index contributed by atoms with van der Waals surface area (Å²) >= 11 is 0. The van der Waals surface area contributed by atoms with Crippen LogP contribution in [-0.4, -0.2) is 9.78 Å². The molecule has 1 aromatic rings. The Morgan fingerprint density at radius 1 is 1.36 bits per heavy atom. The van der Waals surface area contributed by atoms with E-state index in [2.05, 4.69) is 5.10 Å². The zero-order valence-corrected chi connectivity index (χ0v) is 8.07. The molecule has 0 aliphatic carbocycles. The first kappa shape index (κ1) is 10.9. The fourth-order valence-electron chi connectivity index (χ4n) is 1.18. The van der Waals surface area contributed by atoms with E-state index >= 15 is 0 Å². The Kier molecular flexibility index (Phi) is 2.47. The number of aromatic nitrogens is 2. The Balaban J connectivity index is 3.37. The lowest BCUT2D eigenvalue weighted by Gasteiger charge is -2.06. The highest BCUT2D eigenvalue weighted by atomic mass is 19.4. The van der Waals surface area contributed by atoms with Gasteiger partial charge in [0.25, 0.3) is 5.56 Å². The van der Waals surface area contributed by atoms with Crippen molar-refractivity contribution < 1.29 is 13.2 Å². The number of rotatable bonds is 1. The quantitative estimate of drug-likeness (QED) is 0.753. The van der Waals surface area contributed by atoms with Gasteiger partial charge in [-0.25, -0.2) is 4.68 Å². The summed E-state index contributed by atoms with van der Waals surface area (Å²) in [4.78, 5) is 11.3. The highest BCUT2D eigenvalue weighted by Crippen LogP contribution is 2.29. The topological polar surface area (TPSA) is 37.8 Å². The summed E-state index contributed by atoms with van der Waals surface area (Å²) in [7, 11) is 0. The second-order valence-electron chi connectivity index (χ2n) is 3.38. The van der Waals surface area contributed by atoms with Gasteiger partial charge in [-0.3, -0.25) is 9.89 Å². The molecule has 0 aromatic carbocycles. The second kappa shape index (κ2) is 3.18. The molecule has 0 aliphatic rings. The summed E-state index contributed by atoms with van der Waals surface area (Å²) in [5, 5.41) is 2.07. The summed E-state index contributed by atoms with van der Waals surface area (Å²) < 4.78 is 37.9. The molecule has 14 heavy (non-hydrogen) atoms. The molecule has 1 aromatic heterocycles. The van der Waals surface area contributed by atoms with Crippen LogP contribution in [0.5, 0.6) is 0 Å². The fourth-order valence-corrected chi connectivity index (χ4v) is 1.18. The minimum atomic E-state index is -4.50. The summed E-state index contributed by atoms with van der Waals surface area (Å²) in [6.45, 7) is 4.44. The van der Waals surface area contributed by atoms with Crippen molar-refractivity contribution in [2.75, 3.05) is 0 Å². The number of halogens is 3. The Labute approximate surface area is 78.5 Å². The molecular weight excluding hydrogens is 197 g/mol. The van der Waals surface area contributed by atoms with E-state index in [1.165, 1.54) is 6.92 Å². The van der Waals surface area contributed by atoms with Crippen LogP contribution in [0.25, 0.3) is 0 Å². The van der Waals surface area contributed by atoms with Crippen molar-refractivity contribution in [2.45, 2.75) is 33.0 Å². The van der Waals surface area contributed by atoms with E-state index in [1.54, 1.807) is 13.8 Å². The second-order valence-corrected chi connectivity index (χ2v) is 3.38. The molecule has 0 spiro atoms. The molecule has 0 unspecified atom stereocenters. The van der Waals surface area contributed by atoms with Gasteiger partial charge in [-0.2, -0.15) is 13.2 Å². The van der Waals surface area contributed by atoms with Crippen molar-refractivity contribution in [3.05, 3.63) is 21.6 Å². The molecule has 3 nitrogen and oxygen atoms in total. The van der Waals surface area contributed by atoms with Crippen LogP contribution in [0.2, 0.25) is 0 Å². The third kappa shape index (κ3) is 1.69. The number of aromatic amines is 1. The minimum absolute atomic E-state index is 0.286. The molecule has 1 N–H and O–H groups in total. The molecule has 0 radical (unpaired) electrons. The first-order valence-corrected chi connectivity index (χ1v) is 4.13. The molecule has 0 fully saturated rings. The van der Waals surface area contributed by atoms with E-state index in [9.17, 15) is 18.0 Å². The Hall–Kier alpha value is -1.20. The number of H-pyrrole nitrogens is 1. The van der Waals surface area contributed by atoms with E-state index in [1.807, 2.05) is 0 Å². The maximum atomic E-state index is 12.3. The Morgan fingerprint density at radius 3 is 2.07 bits per heavy atom. The maximum absolute atomic E-state index is 12.3. The molecule has 0 bridgehead atoms. The van der Waals surface area contributed by atoms with E-state index in [0.29, 0.717) is 0 Å². The van der Waals surface area contributed by atoms with Crippen LogP contribution in [0.1, 0.15) is 31.1 Å². The monoisotopic (exact) mass is 208 g/mol. The van der Waals surface area contributed by atoms with E-state index < -0.39 is 17.4 Å².